The van der Waals surface area contributed by atoms with Crippen molar-refractivity contribution in [1.29, 1.82) is 0 Å². The van der Waals surface area contributed by atoms with Crippen LogP contribution in [0.15, 0.2) is 0 Å². The zero-order chi connectivity index (χ0) is 13.4. The van der Waals surface area contributed by atoms with Gasteiger partial charge in [0.05, 0.1) is 6.61 Å². The Kier molecular flexibility index (Phi) is 7.23. The summed E-state index contributed by atoms with van der Waals surface area (Å²) in [7, 11) is 4.06. The predicted octanol–water partition coefficient (Wildman–Crippen LogP) is 0.295. The van der Waals surface area contributed by atoms with Crippen LogP contribution in [0.1, 0.15) is 25.7 Å². The summed E-state index contributed by atoms with van der Waals surface area (Å²) in [4.78, 5) is 16.3. The summed E-state index contributed by atoms with van der Waals surface area (Å²) in [6.07, 6.45) is 4.74. The second kappa shape index (κ2) is 8.45. The van der Waals surface area contributed by atoms with E-state index >= 15 is 0 Å². The number of likely N-dealkylation sites (N-methyl/N-ethyl adjacent to an activating group) is 1. The van der Waals surface area contributed by atoms with Crippen molar-refractivity contribution in [2.45, 2.75) is 31.7 Å². The lowest BCUT2D eigenvalue weighted by molar-refractivity contribution is -0.138. The molecule has 5 nitrogen and oxygen atoms in total. The van der Waals surface area contributed by atoms with Crippen LogP contribution in [0.5, 0.6) is 0 Å². The van der Waals surface area contributed by atoms with Gasteiger partial charge in [0, 0.05) is 25.7 Å². The van der Waals surface area contributed by atoms with Crippen LogP contribution in [-0.2, 0) is 9.53 Å². The first kappa shape index (κ1) is 15.4. The largest absolute Gasteiger partial charge is 0.370 e. The molecular weight excluding hydrogens is 230 g/mol. The van der Waals surface area contributed by atoms with Crippen LogP contribution in [0.25, 0.3) is 0 Å². The van der Waals surface area contributed by atoms with Crippen molar-refractivity contribution in [3.63, 3.8) is 0 Å². The maximum atomic E-state index is 12.2. The monoisotopic (exact) mass is 257 g/mol. The fourth-order valence-corrected chi connectivity index (χ4v) is 2.36. The molecular formula is C13H27N3O2. The third-order valence-corrected chi connectivity index (χ3v) is 3.36. The van der Waals surface area contributed by atoms with Gasteiger partial charge >= 0.3 is 0 Å². The van der Waals surface area contributed by atoms with Crippen molar-refractivity contribution in [3.05, 3.63) is 0 Å². The summed E-state index contributed by atoms with van der Waals surface area (Å²) in [6, 6.07) is 0.416. The first-order chi connectivity index (χ1) is 8.65. The normalized spacial score (nSPS) is 16.4. The topological polar surface area (TPSA) is 58.8 Å². The number of carbonyl (C=O) groups is 1. The van der Waals surface area contributed by atoms with E-state index in [1.165, 1.54) is 12.8 Å². The molecule has 0 aromatic carbocycles. The van der Waals surface area contributed by atoms with Crippen LogP contribution in [0.4, 0.5) is 0 Å². The highest BCUT2D eigenvalue weighted by Gasteiger charge is 2.26. The second-order valence-corrected chi connectivity index (χ2v) is 5.17. The number of ether oxygens (including phenoxy) is 1. The molecule has 0 spiro atoms. The molecule has 1 rings (SSSR count). The van der Waals surface area contributed by atoms with E-state index in [1.54, 1.807) is 0 Å². The highest BCUT2D eigenvalue weighted by Crippen LogP contribution is 2.23. The lowest BCUT2D eigenvalue weighted by Crippen LogP contribution is -2.44. The van der Waals surface area contributed by atoms with Gasteiger partial charge < -0.3 is 20.3 Å². The second-order valence-electron chi connectivity index (χ2n) is 5.17. The molecule has 18 heavy (non-hydrogen) atoms. The molecule has 2 N–H and O–H groups in total. The van der Waals surface area contributed by atoms with E-state index < -0.39 is 0 Å². The quantitative estimate of drug-likeness (QED) is 0.635. The molecule has 106 valence electrons. The minimum atomic E-state index is 0.109. The van der Waals surface area contributed by atoms with E-state index in [2.05, 4.69) is 4.90 Å². The van der Waals surface area contributed by atoms with Crippen LogP contribution in [0, 0.1) is 0 Å². The Hall–Kier alpha value is -0.650. The Bertz CT molecular complexity index is 240. The lowest BCUT2D eigenvalue weighted by atomic mass is 10.2. The molecule has 5 heteroatoms. The smallest absolute Gasteiger partial charge is 0.248 e. The van der Waals surface area contributed by atoms with Crippen LogP contribution < -0.4 is 5.73 Å². The number of carbonyl (C=O) groups excluding carboxylic acids is 1. The van der Waals surface area contributed by atoms with Crippen molar-refractivity contribution in [1.82, 2.24) is 9.80 Å². The van der Waals surface area contributed by atoms with E-state index in [4.69, 9.17) is 10.5 Å². The van der Waals surface area contributed by atoms with E-state index in [0.29, 0.717) is 19.2 Å². The zero-order valence-electron chi connectivity index (χ0n) is 11.7. The number of amides is 1. The van der Waals surface area contributed by atoms with E-state index in [-0.39, 0.29) is 12.5 Å². The van der Waals surface area contributed by atoms with Crippen LogP contribution in [0.3, 0.4) is 0 Å². The van der Waals surface area contributed by atoms with Crippen molar-refractivity contribution in [2.24, 2.45) is 5.73 Å². The van der Waals surface area contributed by atoms with Gasteiger partial charge in [0.25, 0.3) is 0 Å². The molecule has 0 radical (unpaired) electrons. The van der Waals surface area contributed by atoms with Gasteiger partial charge in [0.1, 0.15) is 6.61 Å². The standard InChI is InChI=1S/C13H27N3O2/c1-15(2)8-9-16(12-5-3-4-6-12)13(17)11-18-10-7-14/h12H,3-11,14H2,1-2H3. The van der Waals surface area contributed by atoms with E-state index in [1.807, 2.05) is 19.0 Å². The molecule has 0 unspecified atom stereocenters. The van der Waals surface area contributed by atoms with E-state index in [9.17, 15) is 4.79 Å². The van der Waals surface area contributed by atoms with Crippen molar-refractivity contribution >= 4 is 5.91 Å². The maximum Gasteiger partial charge on any atom is 0.248 e. The molecule has 0 bridgehead atoms. The average molecular weight is 257 g/mol. The Morgan fingerprint density at radius 3 is 2.50 bits per heavy atom. The number of rotatable bonds is 8. The number of hydrogen-bond acceptors (Lipinski definition) is 4. The summed E-state index contributed by atoms with van der Waals surface area (Å²) < 4.78 is 5.26. The summed E-state index contributed by atoms with van der Waals surface area (Å²) in [5.74, 6) is 0.109. The third-order valence-electron chi connectivity index (χ3n) is 3.36. The minimum absolute atomic E-state index is 0.109. The third kappa shape index (κ3) is 5.33. The summed E-state index contributed by atoms with van der Waals surface area (Å²) in [6.45, 7) is 2.79. The molecule has 0 saturated heterocycles. The Morgan fingerprint density at radius 2 is 1.94 bits per heavy atom. The van der Waals surface area contributed by atoms with Gasteiger partial charge in [-0.15, -0.1) is 0 Å². The molecule has 0 aromatic heterocycles. The van der Waals surface area contributed by atoms with Gasteiger partial charge in [-0.2, -0.15) is 0 Å². The van der Waals surface area contributed by atoms with Crippen molar-refractivity contribution in [3.8, 4) is 0 Å². The molecule has 0 heterocycles. The first-order valence-electron chi connectivity index (χ1n) is 6.87. The lowest BCUT2D eigenvalue weighted by Gasteiger charge is -2.30. The molecule has 1 saturated carbocycles. The molecule has 0 atom stereocenters. The number of nitrogens with zero attached hydrogens (tertiary/aromatic N) is 2. The predicted molar refractivity (Wildman–Crippen MR) is 72.4 cm³/mol. The van der Waals surface area contributed by atoms with Gasteiger partial charge in [-0.3, -0.25) is 4.79 Å². The van der Waals surface area contributed by atoms with Crippen molar-refractivity contribution in [2.75, 3.05) is 46.9 Å². The van der Waals surface area contributed by atoms with Crippen molar-refractivity contribution < 1.29 is 9.53 Å². The Balaban J connectivity index is 2.44. The fourth-order valence-electron chi connectivity index (χ4n) is 2.36. The molecule has 1 aliphatic rings. The minimum Gasteiger partial charge on any atom is -0.370 e. The van der Waals surface area contributed by atoms with Crippen LogP contribution in [-0.4, -0.2) is 68.7 Å². The molecule has 0 aliphatic heterocycles. The number of nitrogens with two attached hydrogens (primary N) is 1. The van der Waals surface area contributed by atoms with Gasteiger partial charge in [0.2, 0.25) is 5.91 Å². The van der Waals surface area contributed by atoms with Crippen LogP contribution in [0.2, 0.25) is 0 Å². The Morgan fingerprint density at radius 1 is 1.28 bits per heavy atom. The average Bonchev–Trinajstić information content (AvgIpc) is 2.83. The van der Waals surface area contributed by atoms with E-state index in [0.717, 1.165) is 25.9 Å². The molecule has 1 aliphatic carbocycles. The van der Waals surface area contributed by atoms with Crippen LogP contribution >= 0.6 is 0 Å². The number of hydrogen-bond donors (Lipinski definition) is 1. The summed E-state index contributed by atoms with van der Waals surface area (Å²) in [5.41, 5.74) is 5.35. The SMILES string of the molecule is CN(C)CCN(C(=O)COCCN)C1CCCC1. The highest BCUT2D eigenvalue weighted by atomic mass is 16.5. The molecule has 0 aromatic rings. The summed E-state index contributed by atoms with van der Waals surface area (Å²) in [5, 5.41) is 0. The molecule has 1 fully saturated rings. The van der Waals surface area contributed by atoms with Gasteiger partial charge in [0.15, 0.2) is 0 Å². The van der Waals surface area contributed by atoms with Gasteiger partial charge in [-0.1, -0.05) is 12.8 Å². The van der Waals surface area contributed by atoms with Gasteiger partial charge in [-0.25, -0.2) is 0 Å². The Labute approximate surface area is 110 Å². The maximum absolute atomic E-state index is 12.2. The zero-order valence-corrected chi connectivity index (χ0v) is 11.7. The highest BCUT2D eigenvalue weighted by molar-refractivity contribution is 5.77. The summed E-state index contributed by atoms with van der Waals surface area (Å²) >= 11 is 0. The first-order valence-corrected chi connectivity index (χ1v) is 6.87. The molecule has 1 amide bonds. The van der Waals surface area contributed by atoms with Gasteiger partial charge in [-0.05, 0) is 26.9 Å². The fraction of sp³-hybridized carbons (Fsp3) is 0.923.